The lowest BCUT2D eigenvalue weighted by molar-refractivity contribution is -0.0503. The second-order valence-corrected chi connectivity index (χ2v) is 11.4. The Morgan fingerprint density at radius 2 is 1.74 bits per heavy atom. The summed E-state index contributed by atoms with van der Waals surface area (Å²) in [6.07, 6.45) is 8.82. The van der Waals surface area contributed by atoms with E-state index in [-0.39, 0.29) is 5.91 Å². The van der Waals surface area contributed by atoms with Gasteiger partial charge < -0.3 is 21.1 Å². The lowest BCUT2D eigenvalue weighted by atomic mass is 9.49. The molecule has 6 heteroatoms. The first-order valence-corrected chi connectivity index (χ1v) is 12.3. The Morgan fingerprint density at radius 1 is 1.10 bits per heavy atom. The van der Waals surface area contributed by atoms with E-state index in [9.17, 15) is 9.90 Å². The van der Waals surface area contributed by atoms with Crippen LogP contribution in [0, 0.1) is 23.2 Å². The average molecular weight is 448 g/mol. The van der Waals surface area contributed by atoms with E-state index >= 15 is 0 Å². The molecule has 0 heterocycles. The molecule has 0 aromatic heterocycles. The van der Waals surface area contributed by atoms with Crippen molar-refractivity contribution < 1.29 is 9.90 Å². The standard InChI is InChI=1S/C25H38ClN3O2/c1-24(2,31)5-6-27-7-8-28-20-3-4-22(26)21(12-20)23(30)29-16-25-13-17-9-18(14-25)11-19(10-17)15-25/h3-4,12,17-19,27-28,31H,5-11,13-16H2,1-2H3,(H,29,30). The van der Waals surface area contributed by atoms with Crippen LogP contribution in [0.2, 0.25) is 5.02 Å². The molecule has 0 radical (unpaired) electrons. The molecule has 4 saturated carbocycles. The van der Waals surface area contributed by atoms with Gasteiger partial charge in [-0.2, -0.15) is 0 Å². The predicted octanol–water partition coefficient (Wildman–Crippen LogP) is 4.45. The number of carbonyl (C=O) groups excluding carboxylic acids is 1. The molecule has 0 atom stereocenters. The van der Waals surface area contributed by atoms with Crippen molar-refractivity contribution in [3.8, 4) is 0 Å². The number of hydrogen-bond acceptors (Lipinski definition) is 4. The van der Waals surface area contributed by atoms with Gasteiger partial charge in [0, 0.05) is 25.3 Å². The van der Waals surface area contributed by atoms with Gasteiger partial charge in [-0.15, -0.1) is 0 Å². The molecule has 1 aromatic carbocycles. The van der Waals surface area contributed by atoms with Crippen molar-refractivity contribution in [3.63, 3.8) is 0 Å². The van der Waals surface area contributed by atoms with Crippen LogP contribution in [0.3, 0.4) is 0 Å². The van der Waals surface area contributed by atoms with Gasteiger partial charge in [-0.25, -0.2) is 0 Å². The fraction of sp³-hybridized carbons (Fsp3) is 0.720. The van der Waals surface area contributed by atoms with Crippen LogP contribution >= 0.6 is 11.6 Å². The summed E-state index contributed by atoms with van der Waals surface area (Å²) in [5.41, 5.74) is 1.12. The molecule has 4 aliphatic rings. The van der Waals surface area contributed by atoms with E-state index in [1.165, 1.54) is 38.5 Å². The zero-order chi connectivity index (χ0) is 22.1. The largest absolute Gasteiger partial charge is 0.390 e. The van der Waals surface area contributed by atoms with Crippen LogP contribution in [-0.2, 0) is 0 Å². The highest BCUT2D eigenvalue weighted by molar-refractivity contribution is 6.34. The molecular formula is C25H38ClN3O2. The number of anilines is 1. The fourth-order valence-electron chi connectivity index (χ4n) is 6.49. The van der Waals surface area contributed by atoms with Crippen molar-refractivity contribution in [1.82, 2.24) is 10.6 Å². The molecule has 5 nitrogen and oxygen atoms in total. The molecule has 0 unspecified atom stereocenters. The monoisotopic (exact) mass is 447 g/mol. The van der Waals surface area contributed by atoms with Crippen LogP contribution in [0.1, 0.15) is 69.2 Å². The molecular weight excluding hydrogens is 410 g/mol. The Hall–Kier alpha value is -1.30. The molecule has 31 heavy (non-hydrogen) atoms. The second kappa shape index (κ2) is 9.29. The van der Waals surface area contributed by atoms with Crippen molar-refractivity contribution in [3.05, 3.63) is 28.8 Å². The van der Waals surface area contributed by atoms with Gasteiger partial charge in [0.05, 0.1) is 16.2 Å². The molecule has 1 amide bonds. The lowest BCUT2D eigenvalue weighted by Gasteiger charge is -2.56. The van der Waals surface area contributed by atoms with Crippen LogP contribution < -0.4 is 16.0 Å². The second-order valence-electron chi connectivity index (χ2n) is 11.0. The third-order valence-corrected chi connectivity index (χ3v) is 7.87. The highest BCUT2D eigenvalue weighted by Gasteiger charge is 2.50. The SMILES string of the molecule is CC(C)(O)CCNCCNc1ccc(Cl)c(C(=O)NCC23CC4CC(CC(C4)C2)C3)c1. The highest BCUT2D eigenvalue weighted by atomic mass is 35.5. The Morgan fingerprint density at radius 3 is 2.35 bits per heavy atom. The number of hydrogen-bond donors (Lipinski definition) is 4. The minimum atomic E-state index is -0.644. The van der Waals surface area contributed by atoms with Gasteiger partial charge in [0.2, 0.25) is 0 Å². The predicted molar refractivity (Wildman–Crippen MR) is 127 cm³/mol. The van der Waals surface area contributed by atoms with Crippen molar-refractivity contribution >= 4 is 23.2 Å². The quantitative estimate of drug-likeness (QED) is 0.400. The normalized spacial score (nSPS) is 29.2. The maximum Gasteiger partial charge on any atom is 0.252 e. The lowest BCUT2D eigenvalue weighted by Crippen LogP contribution is -2.51. The van der Waals surface area contributed by atoms with Crippen molar-refractivity contribution in [2.75, 3.05) is 31.5 Å². The topological polar surface area (TPSA) is 73.4 Å². The Kier molecular flexibility index (Phi) is 6.85. The average Bonchev–Trinajstić information content (AvgIpc) is 2.68. The van der Waals surface area contributed by atoms with Gasteiger partial charge in [0.25, 0.3) is 5.91 Å². The van der Waals surface area contributed by atoms with E-state index in [4.69, 9.17) is 11.6 Å². The van der Waals surface area contributed by atoms with E-state index in [0.29, 0.717) is 22.4 Å². The molecule has 4 aliphatic carbocycles. The molecule has 5 rings (SSSR count). The maximum absolute atomic E-state index is 13.0. The number of halogens is 1. The highest BCUT2D eigenvalue weighted by Crippen LogP contribution is 2.59. The van der Waals surface area contributed by atoms with E-state index in [1.807, 2.05) is 26.0 Å². The summed E-state index contributed by atoms with van der Waals surface area (Å²) in [6.45, 7) is 6.71. The summed E-state index contributed by atoms with van der Waals surface area (Å²) < 4.78 is 0. The van der Waals surface area contributed by atoms with Crippen LogP contribution in [0.4, 0.5) is 5.69 Å². The first kappa shape index (κ1) is 22.9. The fourth-order valence-corrected chi connectivity index (χ4v) is 6.70. The summed E-state index contributed by atoms with van der Waals surface area (Å²) >= 11 is 6.37. The van der Waals surface area contributed by atoms with Gasteiger partial charge in [0.15, 0.2) is 0 Å². The van der Waals surface area contributed by atoms with Gasteiger partial charge in [-0.05, 0) is 107 Å². The molecule has 0 aliphatic heterocycles. The van der Waals surface area contributed by atoms with Gasteiger partial charge in [0.1, 0.15) is 0 Å². The first-order valence-electron chi connectivity index (χ1n) is 12.0. The van der Waals surface area contributed by atoms with Crippen LogP contribution in [0.25, 0.3) is 0 Å². The Balaban J connectivity index is 1.26. The minimum absolute atomic E-state index is 0.0623. The molecule has 4 fully saturated rings. The van der Waals surface area contributed by atoms with E-state index < -0.39 is 5.60 Å². The summed E-state index contributed by atoms with van der Waals surface area (Å²) in [4.78, 5) is 13.0. The van der Waals surface area contributed by atoms with Crippen LogP contribution in [-0.4, -0.2) is 42.8 Å². The molecule has 172 valence electrons. The molecule has 4 N–H and O–H groups in total. The van der Waals surface area contributed by atoms with Gasteiger partial charge in [-0.3, -0.25) is 4.79 Å². The maximum atomic E-state index is 13.0. The number of benzene rings is 1. The van der Waals surface area contributed by atoms with Crippen LogP contribution in [0.5, 0.6) is 0 Å². The Bertz CT molecular complexity index is 754. The summed E-state index contributed by atoms with van der Waals surface area (Å²) in [5, 5.41) is 20.1. The van der Waals surface area contributed by atoms with Crippen LogP contribution in [0.15, 0.2) is 18.2 Å². The van der Waals surface area contributed by atoms with E-state index in [2.05, 4.69) is 16.0 Å². The molecule has 1 aromatic rings. The molecule has 4 bridgehead atoms. The number of carbonyl (C=O) groups is 1. The summed E-state index contributed by atoms with van der Waals surface area (Å²) in [5.74, 6) is 2.59. The van der Waals surface area contributed by atoms with Gasteiger partial charge in [-0.1, -0.05) is 11.6 Å². The summed E-state index contributed by atoms with van der Waals surface area (Å²) in [7, 11) is 0. The van der Waals surface area contributed by atoms with E-state index in [1.54, 1.807) is 6.07 Å². The number of amides is 1. The van der Waals surface area contributed by atoms with Crippen molar-refractivity contribution in [2.45, 2.75) is 64.4 Å². The first-order chi connectivity index (χ1) is 14.7. The number of aliphatic hydroxyl groups is 1. The van der Waals surface area contributed by atoms with Crippen molar-refractivity contribution in [1.29, 1.82) is 0 Å². The zero-order valence-electron chi connectivity index (χ0n) is 19.0. The summed E-state index contributed by atoms with van der Waals surface area (Å²) in [6, 6.07) is 5.56. The number of nitrogens with one attached hydrogen (secondary N) is 3. The molecule has 0 spiro atoms. The third kappa shape index (κ3) is 5.94. The third-order valence-electron chi connectivity index (χ3n) is 7.54. The minimum Gasteiger partial charge on any atom is -0.390 e. The van der Waals surface area contributed by atoms with Gasteiger partial charge >= 0.3 is 0 Å². The number of rotatable bonds is 10. The Labute approximate surface area is 191 Å². The zero-order valence-corrected chi connectivity index (χ0v) is 19.7. The van der Waals surface area contributed by atoms with E-state index in [0.717, 1.165) is 49.6 Å². The molecule has 0 saturated heterocycles. The van der Waals surface area contributed by atoms with Crippen molar-refractivity contribution in [2.24, 2.45) is 23.2 Å². The smallest absolute Gasteiger partial charge is 0.252 e.